The predicted octanol–water partition coefficient (Wildman–Crippen LogP) is 6.00. The first-order valence-electron chi connectivity index (χ1n) is 12.0. The number of benzene rings is 3. The summed E-state index contributed by atoms with van der Waals surface area (Å²) in [6.45, 7) is 4.30. The molecule has 190 valence electrons. The summed E-state index contributed by atoms with van der Waals surface area (Å²) in [6, 6.07) is 24.2. The Morgan fingerprint density at radius 1 is 1.00 bits per heavy atom. The number of carbonyl (C=O) groups excluding carboxylic acids is 2. The first kappa shape index (κ1) is 27.6. The second-order valence-electron chi connectivity index (χ2n) is 8.64. The number of nitrogens with one attached hydrogen (secondary N) is 1. The zero-order chi connectivity index (χ0) is 25.9. The van der Waals surface area contributed by atoms with E-state index in [9.17, 15) is 9.59 Å². The second kappa shape index (κ2) is 14.0. The van der Waals surface area contributed by atoms with Crippen molar-refractivity contribution in [2.75, 3.05) is 12.9 Å². The van der Waals surface area contributed by atoms with Gasteiger partial charge in [0.05, 0.1) is 12.9 Å². The third-order valence-corrected chi connectivity index (χ3v) is 7.18. The van der Waals surface area contributed by atoms with E-state index in [0.717, 1.165) is 22.4 Å². The van der Waals surface area contributed by atoms with Gasteiger partial charge in [0.15, 0.2) is 0 Å². The molecule has 1 N–H and O–H groups in total. The Bertz CT molecular complexity index is 1120. The highest BCUT2D eigenvalue weighted by Crippen LogP contribution is 2.23. The Balaban J connectivity index is 1.92. The van der Waals surface area contributed by atoms with Crippen LogP contribution in [-0.4, -0.2) is 41.7 Å². The van der Waals surface area contributed by atoms with Gasteiger partial charge in [-0.3, -0.25) is 9.59 Å². The topological polar surface area (TPSA) is 58.6 Å². The molecule has 3 aromatic rings. The van der Waals surface area contributed by atoms with Crippen LogP contribution in [0.1, 0.15) is 31.4 Å². The van der Waals surface area contributed by atoms with Crippen molar-refractivity contribution in [1.82, 2.24) is 10.2 Å². The summed E-state index contributed by atoms with van der Waals surface area (Å²) in [5.74, 6) is 0.645. The number of carbonyl (C=O) groups is 2. The number of methoxy groups -OCH3 is 1. The molecule has 2 amide bonds. The van der Waals surface area contributed by atoms with Gasteiger partial charge in [-0.25, -0.2) is 0 Å². The van der Waals surface area contributed by atoms with Crippen LogP contribution in [-0.2, 0) is 22.6 Å². The molecule has 3 rings (SSSR count). The zero-order valence-electron chi connectivity index (χ0n) is 20.9. The monoisotopic (exact) mass is 524 g/mol. The molecule has 0 aliphatic carbocycles. The Hall–Kier alpha value is -2.96. The summed E-state index contributed by atoms with van der Waals surface area (Å²) in [5.41, 5.74) is 1.89. The van der Waals surface area contributed by atoms with E-state index in [1.807, 2.05) is 80.6 Å². The number of thioether (sulfide) groups is 1. The van der Waals surface area contributed by atoms with Crippen LogP contribution in [0.25, 0.3) is 0 Å². The molecule has 0 bridgehead atoms. The lowest BCUT2D eigenvalue weighted by Gasteiger charge is -2.32. The number of halogens is 1. The summed E-state index contributed by atoms with van der Waals surface area (Å²) in [7, 11) is 1.61. The molecule has 0 heterocycles. The minimum absolute atomic E-state index is 0.00740. The van der Waals surface area contributed by atoms with Crippen LogP contribution in [0.4, 0.5) is 0 Å². The molecule has 0 unspecified atom stereocenters. The first-order valence-corrected chi connectivity index (χ1v) is 13.4. The maximum atomic E-state index is 13.7. The molecule has 0 aliphatic rings. The van der Waals surface area contributed by atoms with Crippen molar-refractivity contribution in [3.8, 4) is 5.75 Å². The largest absolute Gasteiger partial charge is 0.497 e. The van der Waals surface area contributed by atoms with E-state index in [1.165, 1.54) is 11.8 Å². The molecular weight excluding hydrogens is 492 g/mol. The van der Waals surface area contributed by atoms with E-state index in [-0.39, 0.29) is 23.6 Å². The van der Waals surface area contributed by atoms with Crippen LogP contribution in [0.5, 0.6) is 5.75 Å². The van der Waals surface area contributed by atoms with Gasteiger partial charge in [0.2, 0.25) is 11.8 Å². The minimum atomic E-state index is -0.661. The lowest BCUT2D eigenvalue weighted by Crippen LogP contribution is -2.52. The Morgan fingerprint density at radius 2 is 1.69 bits per heavy atom. The van der Waals surface area contributed by atoms with Gasteiger partial charge in [0.25, 0.3) is 0 Å². The normalized spacial score (nSPS) is 12.4. The van der Waals surface area contributed by atoms with E-state index >= 15 is 0 Å². The molecule has 7 heteroatoms. The second-order valence-corrected chi connectivity index (χ2v) is 10.1. The van der Waals surface area contributed by atoms with Crippen LogP contribution >= 0.6 is 23.4 Å². The molecule has 2 atom stereocenters. The van der Waals surface area contributed by atoms with Crippen molar-refractivity contribution in [1.29, 1.82) is 0 Å². The van der Waals surface area contributed by atoms with Gasteiger partial charge in [0.1, 0.15) is 11.8 Å². The van der Waals surface area contributed by atoms with Crippen molar-refractivity contribution >= 4 is 35.2 Å². The Kier molecular flexibility index (Phi) is 10.7. The number of rotatable bonds is 12. The van der Waals surface area contributed by atoms with Gasteiger partial charge in [0, 0.05) is 28.9 Å². The van der Waals surface area contributed by atoms with E-state index in [4.69, 9.17) is 16.3 Å². The standard InChI is InChI=1S/C29H33ClN2O3S/c1-4-21(2)31-29(34)27(18-22-9-6-5-7-10-22)32(19-23-11-8-12-25(17-23)35-3)28(33)20-36-26-15-13-24(30)14-16-26/h5-17,21,27H,4,18-20H2,1-3H3,(H,31,34)/t21-,27+/m1/s1. The van der Waals surface area contributed by atoms with Crippen molar-refractivity contribution in [2.24, 2.45) is 0 Å². The van der Waals surface area contributed by atoms with Crippen molar-refractivity contribution in [2.45, 2.75) is 50.2 Å². The van der Waals surface area contributed by atoms with Gasteiger partial charge in [-0.1, -0.05) is 61.0 Å². The highest BCUT2D eigenvalue weighted by atomic mass is 35.5. The average Bonchev–Trinajstić information content (AvgIpc) is 2.90. The van der Waals surface area contributed by atoms with Crippen LogP contribution in [0.15, 0.2) is 83.8 Å². The summed E-state index contributed by atoms with van der Waals surface area (Å²) in [4.78, 5) is 29.9. The SMILES string of the molecule is CC[C@@H](C)NC(=O)[C@H](Cc1ccccc1)N(Cc1cccc(OC)c1)C(=O)CSc1ccc(Cl)cc1. The van der Waals surface area contributed by atoms with E-state index < -0.39 is 6.04 Å². The number of amides is 2. The Morgan fingerprint density at radius 3 is 2.36 bits per heavy atom. The molecular formula is C29H33ClN2O3S. The Labute approximate surface area is 223 Å². The number of ether oxygens (including phenoxy) is 1. The van der Waals surface area contributed by atoms with E-state index in [0.29, 0.717) is 23.7 Å². The quantitative estimate of drug-likeness (QED) is 0.295. The number of hydrogen-bond donors (Lipinski definition) is 1. The summed E-state index contributed by atoms with van der Waals surface area (Å²) < 4.78 is 5.39. The van der Waals surface area contributed by atoms with E-state index in [1.54, 1.807) is 24.1 Å². The van der Waals surface area contributed by atoms with Crippen molar-refractivity contribution in [3.05, 3.63) is 95.0 Å². The van der Waals surface area contributed by atoms with Gasteiger partial charge in [-0.2, -0.15) is 0 Å². The molecule has 0 saturated heterocycles. The average molecular weight is 525 g/mol. The highest BCUT2D eigenvalue weighted by molar-refractivity contribution is 8.00. The molecule has 0 aliphatic heterocycles. The summed E-state index contributed by atoms with van der Waals surface area (Å²) in [6.07, 6.45) is 1.23. The van der Waals surface area contributed by atoms with Crippen LogP contribution in [0.3, 0.4) is 0 Å². The molecule has 0 saturated carbocycles. The molecule has 0 fully saturated rings. The van der Waals surface area contributed by atoms with Gasteiger partial charge >= 0.3 is 0 Å². The van der Waals surface area contributed by atoms with E-state index in [2.05, 4.69) is 5.32 Å². The van der Waals surface area contributed by atoms with Crippen molar-refractivity contribution < 1.29 is 14.3 Å². The fraction of sp³-hybridized carbons (Fsp3) is 0.310. The number of hydrogen-bond acceptors (Lipinski definition) is 4. The fourth-order valence-electron chi connectivity index (χ4n) is 3.72. The molecule has 36 heavy (non-hydrogen) atoms. The van der Waals surface area contributed by atoms with Gasteiger partial charge in [-0.05, 0) is 60.9 Å². The highest BCUT2D eigenvalue weighted by Gasteiger charge is 2.31. The third-order valence-electron chi connectivity index (χ3n) is 5.94. The lowest BCUT2D eigenvalue weighted by atomic mass is 10.0. The lowest BCUT2D eigenvalue weighted by molar-refractivity contribution is -0.139. The zero-order valence-corrected chi connectivity index (χ0v) is 22.5. The molecule has 3 aromatic carbocycles. The smallest absolute Gasteiger partial charge is 0.243 e. The summed E-state index contributed by atoms with van der Waals surface area (Å²) in [5, 5.41) is 3.74. The maximum Gasteiger partial charge on any atom is 0.243 e. The molecule has 0 radical (unpaired) electrons. The van der Waals surface area contributed by atoms with Crippen LogP contribution < -0.4 is 10.1 Å². The number of nitrogens with zero attached hydrogens (tertiary/aromatic N) is 1. The van der Waals surface area contributed by atoms with Crippen LogP contribution in [0.2, 0.25) is 5.02 Å². The maximum absolute atomic E-state index is 13.7. The molecule has 0 spiro atoms. The summed E-state index contributed by atoms with van der Waals surface area (Å²) >= 11 is 7.44. The van der Waals surface area contributed by atoms with Crippen LogP contribution in [0, 0.1) is 0 Å². The van der Waals surface area contributed by atoms with Gasteiger partial charge < -0.3 is 15.0 Å². The van der Waals surface area contributed by atoms with Gasteiger partial charge in [-0.15, -0.1) is 11.8 Å². The minimum Gasteiger partial charge on any atom is -0.497 e. The molecule has 5 nitrogen and oxygen atoms in total. The fourth-order valence-corrected chi connectivity index (χ4v) is 4.63. The third kappa shape index (κ3) is 8.32. The first-order chi connectivity index (χ1) is 17.4. The van der Waals surface area contributed by atoms with Crippen molar-refractivity contribution in [3.63, 3.8) is 0 Å². The molecule has 0 aromatic heterocycles. The predicted molar refractivity (Wildman–Crippen MR) is 148 cm³/mol.